The molecule has 6 heteroatoms. The molecule has 4 nitrogen and oxygen atoms in total. The highest BCUT2D eigenvalue weighted by Gasteiger charge is 2.02. The Bertz CT molecular complexity index is 191. The van der Waals surface area contributed by atoms with Gasteiger partial charge in [-0.05, 0) is 6.92 Å². The van der Waals surface area contributed by atoms with Crippen molar-refractivity contribution in [2.45, 2.75) is 13.5 Å². The summed E-state index contributed by atoms with van der Waals surface area (Å²) >= 11 is 0. The van der Waals surface area contributed by atoms with Crippen LogP contribution in [-0.4, -0.2) is 10.2 Å². The van der Waals surface area contributed by atoms with Crippen LogP contribution in [0.15, 0.2) is 0 Å². The summed E-state index contributed by atoms with van der Waals surface area (Å²) in [7, 11) is 0. The third-order valence-electron chi connectivity index (χ3n) is 1.31. The van der Waals surface area contributed by atoms with E-state index < -0.39 is 0 Å². The highest BCUT2D eigenvalue weighted by molar-refractivity contribution is 5.85. The molecule has 0 atom stereocenters. The molecule has 0 aliphatic carbocycles. The maximum atomic E-state index is 5.45. The summed E-state index contributed by atoms with van der Waals surface area (Å²) in [6, 6.07) is 0. The van der Waals surface area contributed by atoms with Crippen LogP contribution in [0.5, 0.6) is 0 Å². The Morgan fingerprint density at radius 1 is 1.45 bits per heavy atom. The van der Waals surface area contributed by atoms with Crippen LogP contribution in [0.4, 0.5) is 5.82 Å². The smallest absolute Gasteiger partial charge is 0.123 e. The Kier molecular flexibility index (Phi) is 6.26. The fourth-order valence-corrected chi connectivity index (χ4v) is 0.732. The van der Waals surface area contributed by atoms with Gasteiger partial charge in [0.05, 0.1) is 5.69 Å². The Morgan fingerprint density at radius 3 is 2.18 bits per heavy atom. The first-order valence-corrected chi connectivity index (χ1v) is 2.75. The van der Waals surface area contributed by atoms with Crippen LogP contribution in [0.25, 0.3) is 0 Å². The minimum absolute atomic E-state index is 0. The zero-order valence-corrected chi connectivity index (χ0v) is 7.76. The molecule has 66 valence electrons. The molecule has 1 rings (SSSR count). The predicted molar refractivity (Wildman–Crippen MR) is 50.1 cm³/mol. The number of rotatable bonds is 1. The minimum Gasteiger partial charge on any atom is -0.384 e. The van der Waals surface area contributed by atoms with Crippen molar-refractivity contribution in [3.8, 4) is 0 Å². The van der Waals surface area contributed by atoms with E-state index in [9.17, 15) is 0 Å². The van der Waals surface area contributed by atoms with Gasteiger partial charge in [0, 0.05) is 12.1 Å². The van der Waals surface area contributed by atoms with Crippen molar-refractivity contribution < 1.29 is 0 Å². The van der Waals surface area contributed by atoms with Crippen LogP contribution in [0.3, 0.4) is 0 Å². The van der Waals surface area contributed by atoms with Gasteiger partial charge in [0.1, 0.15) is 5.82 Å². The van der Waals surface area contributed by atoms with E-state index in [1.165, 1.54) is 0 Å². The lowest BCUT2D eigenvalue weighted by molar-refractivity contribution is 1.03. The SMILES string of the molecule is Cc1n[nH]c(N)c1CN.Cl.Cl. The van der Waals surface area contributed by atoms with Crippen LogP contribution in [0.2, 0.25) is 0 Å². The lowest BCUT2D eigenvalue weighted by Crippen LogP contribution is -2.00. The molecule has 1 aromatic heterocycles. The zero-order chi connectivity index (χ0) is 6.85. The summed E-state index contributed by atoms with van der Waals surface area (Å²) in [5.74, 6) is 0.579. The standard InChI is InChI=1S/C5H10N4.2ClH/c1-3-4(2-6)5(7)9-8-3;;/h2,6H2,1H3,(H3,7,8,9);2*1H. The van der Waals surface area contributed by atoms with E-state index in [-0.39, 0.29) is 24.8 Å². The molecule has 1 heterocycles. The number of nitrogens with zero attached hydrogens (tertiary/aromatic N) is 1. The van der Waals surface area contributed by atoms with Crippen LogP contribution in [-0.2, 0) is 6.54 Å². The number of anilines is 1. The van der Waals surface area contributed by atoms with Gasteiger partial charge in [-0.3, -0.25) is 5.10 Å². The van der Waals surface area contributed by atoms with Gasteiger partial charge in [-0.15, -0.1) is 24.8 Å². The maximum absolute atomic E-state index is 5.45. The second-order valence-corrected chi connectivity index (χ2v) is 1.91. The van der Waals surface area contributed by atoms with Crippen molar-refractivity contribution in [3.63, 3.8) is 0 Å². The Hall–Kier alpha value is -0.450. The van der Waals surface area contributed by atoms with Crippen LogP contribution in [0, 0.1) is 6.92 Å². The molecular weight excluding hydrogens is 187 g/mol. The van der Waals surface area contributed by atoms with Crippen molar-refractivity contribution in [3.05, 3.63) is 11.3 Å². The molecule has 1 aromatic rings. The summed E-state index contributed by atoms with van der Waals surface area (Å²) in [5.41, 5.74) is 12.6. The molecule has 0 aromatic carbocycles. The molecular formula is C5H12Cl2N4. The number of hydrogen-bond donors (Lipinski definition) is 3. The fourth-order valence-electron chi connectivity index (χ4n) is 0.732. The molecule has 0 saturated heterocycles. The molecule has 11 heavy (non-hydrogen) atoms. The lowest BCUT2D eigenvalue weighted by atomic mass is 10.2. The third-order valence-corrected chi connectivity index (χ3v) is 1.31. The number of aryl methyl sites for hydroxylation is 1. The van der Waals surface area contributed by atoms with E-state index >= 15 is 0 Å². The Balaban J connectivity index is 0. The average Bonchev–Trinajstić information content (AvgIpc) is 2.12. The number of hydrogen-bond acceptors (Lipinski definition) is 3. The quantitative estimate of drug-likeness (QED) is 0.619. The highest BCUT2D eigenvalue weighted by atomic mass is 35.5. The summed E-state index contributed by atoms with van der Waals surface area (Å²) in [6.45, 7) is 2.32. The Morgan fingerprint density at radius 2 is 2.00 bits per heavy atom. The molecule has 0 spiro atoms. The third kappa shape index (κ3) is 2.57. The lowest BCUT2D eigenvalue weighted by Gasteiger charge is -1.91. The number of H-pyrrole nitrogens is 1. The predicted octanol–water partition coefficient (Wildman–Crippen LogP) is 0.603. The fraction of sp³-hybridized carbons (Fsp3) is 0.400. The van der Waals surface area contributed by atoms with Gasteiger partial charge in [0.25, 0.3) is 0 Å². The number of halogens is 2. The van der Waals surface area contributed by atoms with Crippen molar-refractivity contribution in [2.24, 2.45) is 5.73 Å². The van der Waals surface area contributed by atoms with Crippen LogP contribution >= 0.6 is 24.8 Å². The van der Waals surface area contributed by atoms with E-state index in [1.807, 2.05) is 6.92 Å². The summed E-state index contributed by atoms with van der Waals surface area (Å²) in [4.78, 5) is 0. The average molecular weight is 199 g/mol. The first kappa shape index (κ1) is 13.2. The monoisotopic (exact) mass is 198 g/mol. The second-order valence-electron chi connectivity index (χ2n) is 1.91. The summed E-state index contributed by atoms with van der Waals surface area (Å²) < 4.78 is 0. The summed E-state index contributed by atoms with van der Waals surface area (Å²) in [5, 5.41) is 6.49. The minimum atomic E-state index is 0. The molecule has 0 aliphatic rings. The van der Waals surface area contributed by atoms with Gasteiger partial charge in [0.2, 0.25) is 0 Å². The van der Waals surface area contributed by atoms with Crippen molar-refractivity contribution in [1.82, 2.24) is 10.2 Å². The molecule has 0 aliphatic heterocycles. The van der Waals surface area contributed by atoms with Gasteiger partial charge in [-0.1, -0.05) is 0 Å². The topological polar surface area (TPSA) is 80.7 Å². The largest absolute Gasteiger partial charge is 0.384 e. The van der Waals surface area contributed by atoms with Crippen LogP contribution in [0.1, 0.15) is 11.3 Å². The highest BCUT2D eigenvalue weighted by Crippen LogP contribution is 2.09. The van der Waals surface area contributed by atoms with E-state index in [0.29, 0.717) is 12.4 Å². The molecule has 0 unspecified atom stereocenters. The van der Waals surface area contributed by atoms with E-state index in [4.69, 9.17) is 11.5 Å². The molecule has 0 amide bonds. The zero-order valence-electron chi connectivity index (χ0n) is 6.13. The van der Waals surface area contributed by atoms with E-state index in [0.717, 1.165) is 11.3 Å². The number of aromatic amines is 1. The van der Waals surface area contributed by atoms with Gasteiger partial charge in [0.15, 0.2) is 0 Å². The van der Waals surface area contributed by atoms with E-state index in [2.05, 4.69) is 10.2 Å². The molecule has 0 radical (unpaired) electrons. The van der Waals surface area contributed by atoms with Gasteiger partial charge in [-0.25, -0.2) is 0 Å². The molecule has 5 N–H and O–H groups in total. The first-order chi connectivity index (χ1) is 4.25. The summed E-state index contributed by atoms with van der Waals surface area (Å²) in [6.07, 6.45) is 0. The Labute approximate surface area is 77.5 Å². The van der Waals surface area contributed by atoms with Crippen molar-refractivity contribution in [2.75, 3.05) is 5.73 Å². The van der Waals surface area contributed by atoms with Gasteiger partial charge < -0.3 is 11.5 Å². The number of nitrogens with two attached hydrogens (primary N) is 2. The van der Waals surface area contributed by atoms with E-state index in [1.54, 1.807) is 0 Å². The maximum Gasteiger partial charge on any atom is 0.123 e. The number of aromatic nitrogens is 2. The van der Waals surface area contributed by atoms with Gasteiger partial charge >= 0.3 is 0 Å². The molecule has 0 fully saturated rings. The normalized spacial score (nSPS) is 8.18. The first-order valence-electron chi connectivity index (χ1n) is 2.75. The second kappa shape index (κ2) is 5.23. The number of nitrogen functional groups attached to an aromatic ring is 1. The van der Waals surface area contributed by atoms with Gasteiger partial charge in [-0.2, -0.15) is 5.10 Å². The molecule has 0 saturated carbocycles. The van der Waals surface area contributed by atoms with Crippen LogP contribution < -0.4 is 11.5 Å². The van der Waals surface area contributed by atoms with Crippen molar-refractivity contribution >= 4 is 30.6 Å². The number of nitrogens with one attached hydrogen (secondary N) is 1. The van der Waals surface area contributed by atoms with Crippen molar-refractivity contribution in [1.29, 1.82) is 0 Å². The molecule has 0 bridgehead atoms.